The molecule has 0 spiro atoms. The molecule has 2 aromatic carbocycles. The molecule has 1 nitrogen and oxygen atoms in total. The summed E-state index contributed by atoms with van der Waals surface area (Å²) in [6.07, 6.45) is 0.942. The molecular formula is C16H14BrCl2FO. The van der Waals surface area contributed by atoms with E-state index in [1.807, 2.05) is 25.1 Å². The largest absolute Gasteiger partial charge is 0.492 e. The van der Waals surface area contributed by atoms with Crippen LogP contribution < -0.4 is 4.74 Å². The van der Waals surface area contributed by atoms with Gasteiger partial charge in [-0.15, -0.1) is 11.6 Å². The minimum atomic E-state index is -0.449. The standard InChI is InChI=1S/C16H14BrCl2FO/c1-2-7-21-15-6-3-10(8-13(15)17)16(19)12-5-4-11(20)9-14(12)18/h3-6,8-9,16H,2,7H2,1H3. The van der Waals surface area contributed by atoms with Crippen LogP contribution in [-0.4, -0.2) is 6.61 Å². The maximum atomic E-state index is 13.1. The van der Waals surface area contributed by atoms with Crippen molar-refractivity contribution < 1.29 is 9.13 Å². The van der Waals surface area contributed by atoms with Crippen molar-refractivity contribution in [3.05, 3.63) is 62.8 Å². The highest BCUT2D eigenvalue weighted by Crippen LogP contribution is 2.37. The number of alkyl halides is 1. The molecule has 1 atom stereocenters. The molecule has 1 unspecified atom stereocenters. The molecule has 5 heteroatoms. The van der Waals surface area contributed by atoms with Crippen LogP contribution in [0.5, 0.6) is 5.75 Å². The third-order valence-electron chi connectivity index (χ3n) is 2.95. The summed E-state index contributed by atoms with van der Waals surface area (Å²) in [6.45, 7) is 2.71. The fourth-order valence-corrected chi connectivity index (χ4v) is 3.06. The minimum absolute atomic E-state index is 0.317. The van der Waals surface area contributed by atoms with E-state index in [-0.39, 0.29) is 5.82 Å². The molecule has 0 N–H and O–H groups in total. The Morgan fingerprint density at radius 1 is 1.24 bits per heavy atom. The second-order valence-electron chi connectivity index (χ2n) is 4.57. The lowest BCUT2D eigenvalue weighted by Gasteiger charge is -2.14. The molecular weight excluding hydrogens is 378 g/mol. The molecule has 0 saturated heterocycles. The average Bonchev–Trinajstić information content (AvgIpc) is 2.45. The lowest BCUT2D eigenvalue weighted by molar-refractivity contribution is 0.315. The quantitative estimate of drug-likeness (QED) is 0.539. The van der Waals surface area contributed by atoms with Crippen LogP contribution in [0.2, 0.25) is 5.02 Å². The molecule has 0 aromatic heterocycles. The highest BCUT2D eigenvalue weighted by Gasteiger charge is 2.16. The van der Waals surface area contributed by atoms with Gasteiger partial charge in [0.1, 0.15) is 11.6 Å². The Morgan fingerprint density at radius 3 is 2.62 bits per heavy atom. The monoisotopic (exact) mass is 390 g/mol. The summed E-state index contributed by atoms with van der Waals surface area (Å²) in [4.78, 5) is 0. The molecule has 0 radical (unpaired) electrons. The number of hydrogen-bond donors (Lipinski definition) is 0. The summed E-state index contributed by atoms with van der Waals surface area (Å²) in [7, 11) is 0. The van der Waals surface area contributed by atoms with Crippen LogP contribution in [-0.2, 0) is 0 Å². The highest BCUT2D eigenvalue weighted by atomic mass is 79.9. The van der Waals surface area contributed by atoms with E-state index in [2.05, 4.69) is 15.9 Å². The number of rotatable bonds is 5. The Labute approximate surface area is 142 Å². The summed E-state index contributed by atoms with van der Waals surface area (Å²) in [5.74, 6) is 0.395. The van der Waals surface area contributed by atoms with E-state index in [0.717, 1.165) is 22.2 Å². The Morgan fingerprint density at radius 2 is 2.00 bits per heavy atom. The van der Waals surface area contributed by atoms with Crippen molar-refractivity contribution in [1.82, 2.24) is 0 Å². The Hall–Kier alpha value is -0.770. The van der Waals surface area contributed by atoms with Crippen molar-refractivity contribution in [3.63, 3.8) is 0 Å². The SMILES string of the molecule is CCCOc1ccc(C(Cl)c2ccc(F)cc2Cl)cc1Br. The Balaban J connectivity index is 2.27. The summed E-state index contributed by atoms with van der Waals surface area (Å²) >= 11 is 16.0. The van der Waals surface area contributed by atoms with E-state index >= 15 is 0 Å². The molecule has 112 valence electrons. The predicted molar refractivity (Wildman–Crippen MR) is 89.0 cm³/mol. The highest BCUT2D eigenvalue weighted by molar-refractivity contribution is 9.10. The van der Waals surface area contributed by atoms with Gasteiger partial charge in [-0.2, -0.15) is 0 Å². The van der Waals surface area contributed by atoms with Gasteiger partial charge in [0.05, 0.1) is 16.5 Å². The van der Waals surface area contributed by atoms with Gasteiger partial charge in [0.2, 0.25) is 0 Å². The third kappa shape index (κ3) is 4.12. The smallest absolute Gasteiger partial charge is 0.133 e. The van der Waals surface area contributed by atoms with Gasteiger partial charge in [-0.1, -0.05) is 30.7 Å². The van der Waals surface area contributed by atoms with Gasteiger partial charge < -0.3 is 4.74 Å². The fraction of sp³-hybridized carbons (Fsp3) is 0.250. The number of ether oxygens (including phenoxy) is 1. The van der Waals surface area contributed by atoms with Crippen LogP contribution >= 0.6 is 39.1 Å². The zero-order chi connectivity index (χ0) is 15.4. The zero-order valence-electron chi connectivity index (χ0n) is 11.4. The Bertz CT molecular complexity index is 634. The first-order chi connectivity index (χ1) is 10.0. The average molecular weight is 392 g/mol. The molecule has 0 bridgehead atoms. The van der Waals surface area contributed by atoms with Crippen molar-refractivity contribution in [3.8, 4) is 5.75 Å². The van der Waals surface area contributed by atoms with Crippen molar-refractivity contribution in [2.45, 2.75) is 18.7 Å². The third-order valence-corrected chi connectivity index (χ3v) is 4.38. The summed E-state index contributed by atoms with van der Waals surface area (Å²) in [5, 5.41) is -0.132. The van der Waals surface area contributed by atoms with E-state index in [4.69, 9.17) is 27.9 Å². The number of hydrogen-bond acceptors (Lipinski definition) is 1. The zero-order valence-corrected chi connectivity index (χ0v) is 14.5. The molecule has 21 heavy (non-hydrogen) atoms. The van der Waals surface area contributed by atoms with Crippen molar-refractivity contribution >= 4 is 39.1 Å². The first kappa shape index (κ1) is 16.6. The molecule has 0 fully saturated rings. The normalized spacial score (nSPS) is 12.2. The molecule has 0 aliphatic carbocycles. The minimum Gasteiger partial charge on any atom is -0.492 e. The van der Waals surface area contributed by atoms with Crippen LogP contribution in [0.3, 0.4) is 0 Å². The van der Waals surface area contributed by atoms with Gasteiger partial charge >= 0.3 is 0 Å². The van der Waals surface area contributed by atoms with Crippen LogP contribution in [0.4, 0.5) is 4.39 Å². The second-order valence-corrected chi connectivity index (χ2v) is 6.26. The van der Waals surface area contributed by atoms with Crippen LogP contribution in [0.1, 0.15) is 29.8 Å². The van der Waals surface area contributed by atoms with E-state index in [9.17, 15) is 4.39 Å². The predicted octanol–water partition coefficient (Wildman–Crippen LogP) is 6.36. The van der Waals surface area contributed by atoms with Gasteiger partial charge in [-0.05, 0) is 57.7 Å². The summed E-state index contributed by atoms with van der Waals surface area (Å²) in [6, 6.07) is 9.85. The molecule has 0 aliphatic heterocycles. The first-order valence-electron chi connectivity index (χ1n) is 6.54. The summed E-state index contributed by atoms with van der Waals surface area (Å²) < 4.78 is 19.5. The van der Waals surface area contributed by atoms with Crippen LogP contribution in [0.25, 0.3) is 0 Å². The van der Waals surface area contributed by atoms with Crippen molar-refractivity contribution in [2.24, 2.45) is 0 Å². The van der Waals surface area contributed by atoms with Crippen molar-refractivity contribution in [2.75, 3.05) is 6.61 Å². The molecule has 2 rings (SSSR count). The van der Waals surface area contributed by atoms with E-state index in [1.165, 1.54) is 12.1 Å². The van der Waals surface area contributed by atoms with Crippen LogP contribution in [0.15, 0.2) is 40.9 Å². The fourth-order valence-electron chi connectivity index (χ4n) is 1.89. The second kappa shape index (κ2) is 7.48. The number of benzene rings is 2. The lowest BCUT2D eigenvalue weighted by Crippen LogP contribution is -1.98. The van der Waals surface area contributed by atoms with Gasteiger partial charge in [0, 0.05) is 5.02 Å². The first-order valence-corrected chi connectivity index (χ1v) is 8.15. The molecule has 2 aromatic rings. The Kier molecular flexibility index (Phi) is 5.91. The van der Waals surface area contributed by atoms with Crippen molar-refractivity contribution in [1.29, 1.82) is 0 Å². The molecule has 0 amide bonds. The van der Waals surface area contributed by atoms with Gasteiger partial charge in [-0.25, -0.2) is 4.39 Å². The molecule has 0 saturated carbocycles. The summed E-state index contributed by atoms with van der Waals surface area (Å²) in [5.41, 5.74) is 1.54. The molecule has 0 aliphatic rings. The van der Waals surface area contributed by atoms with E-state index < -0.39 is 5.38 Å². The maximum absolute atomic E-state index is 13.1. The topological polar surface area (TPSA) is 9.23 Å². The van der Waals surface area contributed by atoms with Crippen LogP contribution in [0, 0.1) is 5.82 Å². The maximum Gasteiger partial charge on any atom is 0.133 e. The van der Waals surface area contributed by atoms with Gasteiger partial charge in [0.25, 0.3) is 0 Å². The molecule has 0 heterocycles. The van der Waals surface area contributed by atoms with E-state index in [1.54, 1.807) is 6.07 Å². The van der Waals surface area contributed by atoms with E-state index in [0.29, 0.717) is 17.2 Å². The number of halogens is 4. The van der Waals surface area contributed by atoms with Gasteiger partial charge in [-0.3, -0.25) is 0 Å². The van der Waals surface area contributed by atoms with Gasteiger partial charge in [0.15, 0.2) is 0 Å². The lowest BCUT2D eigenvalue weighted by atomic mass is 10.0.